The van der Waals surface area contributed by atoms with E-state index in [4.69, 9.17) is 33.3 Å². The van der Waals surface area contributed by atoms with E-state index in [0.717, 1.165) is 0 Å². The molecule has 1 atom stereocenters. The third-order valence-electron chi connectivity index (χ3n) is 7.24. The van der Waals surface area contributed by atoms with Gasteiger partial charge >= 0.3 is 12.1 Å². The Labute approximate surface area is 233 Å². The van der Waals surface area contributed by atoms with Gasteiger partial charge in [-0.15, -0.1) is 0 Å². The van der Waals surface area contributed by atoms with E-state index >= 15 is 0 Å². The van der Waals surface area contributed by atoms with Crippen LogP contribution in [0.15, 0.2) is 47.5 Å². The van der Waals surface area contributed by atoms with Crippen molar-refractivity contribution in [1.29, 1.82) is 0 Å². The molecule has 1 spiro atoms. The number of carboxylic acids is 1. The fourth-order valence-corrected chi connectivity index (χ4v) is 5.76. The lowest BCUT2D eigenvalue weighted by Crippen LogP contribution is -2.51. The molecule has 208 valence electrons. The predicted molar refractivity (Wildman–Crippen MR) is 140 cm³/mol. The summed E-state index contributed by atoms with van der Waals surface area (Å²) in [6, 6.07) is 10.4. The van der Waals surface area contributed by atoms with Crippen LogP contribution in [0.3, 0.4) is 0 Å². The standard InChI is InChI=1S/C27H26Cl2F3N3O4/c1-15(16-2-4-17(5-3-16)24(38)33-11-8-22(36)37)35-25(39)23(18-12-20(28)14-21(29)13-18)34-26(35)9-6-19(7-10-26)27(30,31)32/h2-5,12-15,19H,6-11H2,1H3,(H,33,38)(H,36,37)/t15-,19?,26?/m1/s1. The number of amides is 2. The predicted octanol–water partition coefficient (Wildman–Crippen LogP) is 6.04. The number of nitrogens with one attached hydrogen (secondary N) is 1. The third-order valence-corrected chi connectivity index (χ3v) is 7.68. The molecular weight excluding hydrogens is 558 g/mol. The number of carboxylic acid groups (broad SMARTS) is 1. The number of hydrogen-bond donors (Lipinski definition) is 2. The van der Waals surface area contributed by atoms with E-state index in [1.807, 2.05) is 0 Å². The molecule has 2 aliphatic rings. The number of aliphatic imine (C=N–C) groups is 1. The first-order valence-electron chi connectivity index (χ1n) is 12.4. The minimum atomic E-state index is -4.32. The zero-order valence-corrected chi connectivity index (χ0v) is 22.4. The third kappa shape index (κ3) is 6.22. The molecule has 2 aromatic rings. The minimum absolute atomic E-state index is 0.0241. The fraction of sp³-hybridized carbons (Fsp3) is 0.407. The SMILES string of the molecule is C[C@H](c1ccc(C(=O)NCCC(=O)O)cc1)N1C(=O)C(c2cc(Cl)cc(Cl)c2)=NC12CCC(C(F)(F)F)CC2. The van der Waals surface area contributed by atoms with E-state index in [1.165, 1.54) is 11.0 Å². The Morgan fingerprint density at radius 1 is 1.13 bits per heavy atom. The molecule has 0 bridgehead atoms. The highest BCUT2D eigenvalue weighted by Crippen LogP contribution is 2.49. The highest BCUT2D eigenvalue weighted by Gasteiger charge is 2.54. The normalized spacial score (nSPS) is 22.1. The van der Waals surface area contributed by atoms with Gasteiger partial charge in [0, 0.05) is 27.7 Å². The molecule has 0 unspecified atom stereocenters. The van der Waals surface area contributed by atoms with Crippen LogP contribution >= 0.6 is 23.2 Å². The van der Waals surface area contributed by atoms with Crippen LogP contribution in [0.4, 0.5) is 13.2 Å². The van der Waals surface area contributed by atoms with Crippen molar-refractivity contribution in [3.8, 4) is 0 Å². The summed E-state index contributed by atoms with van der Waals surface area (Å²) in [6.07, 6.45) is -4.79. The lowest BCUT2D eigenvalue weighted by Gasteiger charge is -2.44. The quantitative estimate of drug-likeness (QED) is 0.415. The van der Waals surface area contributed by atoms with E-state index in [-0.39, 0.29) is 44.4 Å². The van der Waals surface area contributed by atoms with Crippen LogP contribution in [-0.4, -0.2) is 51.9 Å². The highest BCUT2D eigenvalue weighted by molar-refractivity contribution is 6.47. The first-order chi connectivity index (χ1) is 18.3. The summed E-state index contributed by atoms with van der Waals surface area (Å²) in [6.45, 7) is 1.74. The van der Waals surface area contributed by atoms with Crippen LogP contribution in [-0.2, 0) is 9.59 Å². The number of alkyl halides is 3. The molecule has 4 rings (SSSR count). The molecule has 7 nitrogen and oxygen atoms in total. The summed E-state index contributed by atoms with van der Waals surface area (Å²) in [5, 5.41) is 11.9. The monoisotopic (exact) mass is 583 g/mol. The highest BCUT2D eigenvalue weighted by atomic mass is 35.5. The Bertz CT molecular complexity index is 1290. The molecule has 39 heavy (non-hydrogen) atoms. The largest absolute Gasteiger partial charge is 0.481 e. The number of halogens is 5. The molecule has 2 aromatic carbocycles. The molecule has 1 aliphatic carbocycles. The van der Waals surface area contributed by atoms with Crippen molar-refractivity contribution in [3.05, 3.63) is 69.2 Å². The van der Waals surface area contributed by atoms with Gasteiger partial charge in [-0.2, -0.15) is 13.2 Å². The first kappa shape index (κ1) is 28.9. The van der Waals surface area contributed by atoms with Crippen molar-refractivity contribution in [3.63, 3.8) is 0 Å². The number of carbonyl (C=O) groups is 3. The van der Waals surface area contributed by atoms with E-state index < -0.39 is 41.6 Å². The average Bonchev–Trinajstić information content (AvgIpc) is 3.13. The van der Waals surface area contributed by atoms with E-state index in [1.54, 1.807) is 43.3 Å². The van der Waals surface area contributed by atoms with Gasteiger partial charge in [0.05, 0.1) is 18.4 Å². The van der Waals surface area contributed by atoms with Gasteiger partial charge < -0.3 is 15.3 Å². The van der Waals surface area contributed by atoms with Gasteiger partial charge in [-0.25, -0.2) is 0 Å². The Kier molecular flexibility index (Phi) is 8.28. The average molecular weight is 584 g/mol. The second-order valence-corrected chi connectivity index (χ2v) is 10.7. The van der Waals surface area contributed by atoms with Crippen molar-refractivity contribution >= 4 is 46.7 Å². The maximum absolute atomic E-state index is 13.8. The number of rotatable bonds is 7. The van der Waals surface area contributed by atoms with Crippen LogP contribution in [0.1, 0.15) is 66.6 Å². The van der Waals surface area contributed by atoms with Crippen LogP contribution in [0.5, 0.6) is 0 Å². The summed E-state index contributed by atoms with van der Waals surface area (Å²) in [5.41, 5.74) is 0.261. The molecule has 1 saturated carbocycles. The van der Waals surface area contributed by atoms with Gasteiger partial charge in [0.25, 0.3) is 11.8 Å². The van der Waals surface area contributed by atoms with E-state index in [2.05, 4.69) is 5.32 Å². The van der Waals surface area contributed by atoms with Crippen molar-refractivity contribution < 1.29 is 32.7 Å². The minimum Gasteiger partial charge on any atom is -0.481 e. The van der Waals surface area contributed by atoms with Gasteiger partial charge in [0.15, 0.2) is 0 Å². The molecule has 0 aromatic heterocycles. The first-order valence-corrected chi connectivity index (χ1v) is 13.1. The van der Waals surface area contributed by atoms with Crippen LogP contribution < -0.4 is 5.32 Å². The maximum Gasteiger partial charge on any atom is 0.391 e. The summed E-state index contributed by atoms with van der Waals surface area (Å²) in [5.74, 6) is -3.39. The zero-order chi connectivity index (χ0) is 28.5. The molecule has 2 N–H and O–H groups in total. The molecule has 2 amide bonds. The van der Waals surface area contributed by atoms with Gasteiger partial charge in [0.1, 0.15) is 11.4 Å². The number of hydrogen-bond acceptors (Lipinski definition) is 4. The number of benzene rings is 2. The molecule has 1 fully saturated rings. The van der Waals surface area contributed by atoms with Gasteiger partial charge in [-0.05, 0) is 68.5 Å². The van der Waals surface area contributed by atoms with Gasteiger partial charge in [-0.1, -0.05) is 35.3 Å². The van der Waals surface area contributed by atoms with Crippen LogP contribution in [0.25, 0.3) is 0 Å². The number of aliphatic carboxylic acids is 1. The van der Waals surface area contributed by atoms with Gasteiger partial charge in [0.2, 0.25) is 0 Å². The summed E-state index contributed by atoms with van der Waals surface area (Å²) in [4.78, 5) is 43.1. The van der Waals surface area contributed by atoms with E-state index in [9.17, 15) is 27.6 Å². The van der Waals surface area contributed by atoms with Crippen LogP contribution in [0.2, 0.25) is 10.0 Å². The van der Waals surface area contributed by atoms with Crippen LogP contribution in [0, 0.1) is 5.92 Å². The number of carbonyl (C=O) groups excluding carboxylic acids is 2. The Morgan fingerprint density at radius 3 is 2.26 bits per heavy atom. The Hall–Kier alpha value is -3.11. The van der Waals surface area contributed by atoms with E-state index in [0.29, 0.717) is 26.7 Å². The lowest BCUT2D eigenvalue weighted by molar-refractivity contribution is -0.188. The molecule has 1 aliphatic heterocycles. The zero-order valence-electron chi connectivity index (χ0n) is 20.9. The molecule has 0 saturated heterocycles. The lowest BCUT2D eigenvalue weighted by atomic mass is 9.80. The number of nitrogens with zero attached hydrogens (tertiary/aromatic N) is 2. The summed E-state index contributed by atoms with van der Waals surface area (Å²) < 4.78 is 40.4. The Balaban J connectivity index is 1.63. The molecule has 0 radical (unpaired) electrons. The summed E-state index contributed by atoms with van der Waals surface area (Å²) in [7, 11) is 0. The maximum atomic E-state index is 13.8. The van der Waals surface area contributed by atoms with Gasteiger partial charge in [-0.3, -0.25) is 19.4 Å². The fourth-order valence-electron chi connectivity index (χ4n) is 5.24. The summed E-state index contributed by atoms with van der Waals surface area (Å²) >= 11 is 12.3. The van der Waals surface area contributed by atoms with Crippen molar-refractivity contribution in [1.82, 2.24) is 10.2 Å². The Morgan fingerprint density at radius 2 is 1.72 bits per heavy atom. The molecular formula is C27H26Cl2F3N3O4. The van der Waals surface area contributed by atoms with Crippen molar-refractivity contribution in [2.45, 2.75) is 56.9 Å². The second kappa shape index (κ2) is 11.2. The molecule has 1 heterocycles. The smallest absolute Gasteiger partial charge is 0.391 e. The van der Waals surface area contributed by atoms with Crippen molar-refractivity contribution in [2.24, 2.45) is 10.9 Å². The second-order valence-electron chi connectivity index (χ2n) is 9.79. The van der Waals surface area contributed by atoms with Crippen molar-refractivity contribution in [2.75, 3.05) is 6.54 Å². The molecule has 12 heteroatoms. The topological polar surface area (TPSA) is 99.1 Å².